The Morgan fingerprint density at radius 1 is 1.14 bits per heavy atom. The van der Waals surface area contributed by atoms with E-state index in [0.717, 1.165) is 0 Å². The predicted molar refractivity (Wildman–Crippen MR) is 76.9 cm³/mol. The Labute approximate surface area is 124 Å². The number of rotatable bonds is 8. The van der Waals surface area contributed by atoms with E-state index < -0.39 is 6.10 Å². The normalized spacial score (nSPS) is 11.7. The van der Waals surface area contributed by atoms with Crippen LogP contribution in [0.3, 0.4) is 0 Å². The van der Waals surface area contributed by atoms with Gasteiger partial charge in [0.05, 0.1) is 39.6 Å². The van der Waals surface area contributed by atoms with Crippen molar-refractivity contribution < 1.29 is 28.8 Å². The van der Waals surface area contributed by atoms with Crippen molar-refractivity contribution in [3.05, 3.63) is 17.7 Å². The van der Waals surface area contributed by atoms with Crippen molar-refractivity contribution >= 4 is 5.97 Å². The highest BCUT2D eigenvalue weighted by Gasteiger charge is 2.21. The molecule has 6 nitrogen and oxygen atoms in total. The van der Waals surface area contributed by atoms with Crippen molar-refractivity contribution in [1.82, 2.24) is 0 Å². The summed E-state index contributed by atoms with van der Waals surface area (Å²) >= 11 is 0. The monoisotopic (exact) mass is 298 g/mol. The van der Waals surface area contributed by atoms with E-state index in [4.69, 9.17) is 18.9 Å². The fraction of sp³-hybridized carbons (Fsp3) is 0.533. The van der Waals surface area contributed by atoms with Crippen LogP contribution in [0.1, 0.15) is 31.4 Å². The minimum absolute atomic E-state index is 0.118. The van der Waals surface area contributed by atoms with Crippen LogP contribution < -0.4 is 14.2 Å². The van der Waals surface area contributed by atoms with Gasteiger partial charge in [0, 0.05) is 18.6 Å². The van der Waals surface area contributed by atoms with Gasteiger partial charge in [0.1, 0.15) is 17.2 Å². The summed E-state index contributed by atoms with van der Waals surface area (Å²) in [6, 6.07) is 3.32. The van der Waals surface area contributed by atoms with Gasteiger partial charge in [-0.2, -0.15) is 0 Å². The average molecular weight is 298 g/mol. The van der Waals surface area contributed by atoms with Gasteiger partial charge in [0.15, 0.2) is 0 Å². The third-order valence-corrected chi connectivity index (χ3v) is 3.01. The molecule has 0 amide bonds. The molecule has 0 aliphatic rings. The Balaban J connectivity index is 2.96. The maximum atomic E-state index is 11.4. The van der Waals surface area contributed by atoms with Crippen LogP contribution in [0.15, 0.2) is 12.1 Å². The maximum absolute atomic E-state index is 11.4. The first kappa shape index (κ1) is 17.1. The number of hydrogen-bond donors (Lipinski definition) is 1. The molecule has 0 heterocycles. The van der Waals surface area contributed by atoms with Gasteiger partial charge in [-0.1, -0.05) is 0 Å². The summed E-state index contributed by atoms with van der Waals surface area (Å²) in [4.78, 5) is 11.4. The van der Waals surface area contributed by atoms with E-state index in [1.54, 1.807) is 19.1 Å². The molecule has 118 valence electrons. The minimum atomic E-state index is -0.898. The van der Waals surface area contributed by atoms with Gasteiger partial charge in [-0.05, 0) is 13.3 Å². The van der Waals surface area contributed by atoms with Crippen molar-refractivity contribution in [2.24, 2.45) is 0 Å². The molecule has 1 atom stereocenters. The molecule has 0 aliphatic heterocycles. The number of aliphatic hydroxyl groups is 1. The molecule has 0 saturated carbocycles. The Morgan fingerprint density at radius 3 is 2.14 bits per heavy atom. The standard InChI is InChI=1S/C15H22O6/c1-5-21-14(17)7-6-11(16)15-12(19-3)8-10(18-2)9-13(15)20-4/h8-9,11,16H,5-7H2,1-4H3. The van der Waals surface area contributed by atoms with E-state index >= 15 is 0 Å². The molecular weight excluding hydrogens is 276 g/mol. The predicted octanol–water partition coefficient (Wildman–Crippen LogP) is 2.09. The summed E-state index contributed by atoms with van der Waals surface area (Å²) in [6.45, 7) is 2.06. The topological polar surface area (TPSA) is 74.2 Å². The third-order valence-electron chi connectivity index (χ3n) is 3.01. The molecule has 0 bridgehead atoms. The molecule has 21 heavy (non-hydrogen) atoms. The second-order valence-electron chi connectivity index (χ2n) is 4.31. The Hall–Kier alpha value is -1.95. The lowest BCUT2D eigenvalue weighted by Gasteiger charge is -2.19. The van der Waals surface area contributed by atoms with E-state index in [1.807, 2.05) is 0 Å². The van der Waals surface area contributed by atoms with E-state index in [-0.39, 0.29) is 18.8 Å². The van der Waals surface area contributed by atoms with Crippen LogP contribution >= 0.6 is 0 Å². The highest BCUT2D eigenvalue weighted by molar-refractivity contribution is 5.69. The Morgan fingerprint density at radius 2 is 1.71 bits per heavy atom. The molecule has 1 unspecified atom stereocenters. The van der Waals surface area contributed by atoms with Crippen molar-refractivity contribution in [3.63, 3.8) is 0 Å². The highest BCUT2D eigenvalue weighted by atomic mass is 16.5. The Bertz CT molecular complexity index is 446. The number of carbonyl (C=O) groups is 1. The molecule has 0 saturated heterocycles. The molecular formula is C15H22O6. The number of benzene rings is 1. The largest absolute Gasteiger partial charge is 0.496 e. The number of hydrogen-bond acceptors (Lipinski definition) is 6. The summed E-state index contributed by atoms with van der Waals surface area (Å²) in [7, 11) is 4.52. The first-order chi connectivity index (χ1) is 10.1. The number of methoxy groups -OCH3 is 3. The zero-order valence-electron chi connectivity index (χ0n) is 12.8. The number of esters is 1. The van der Waals surface area contributed by atoms with Gasteiger partial charge in [0.25, 0.3) is 0 Å². The number of carbonyl (C=O) groups excluding carboxylic acids is 1. The van der Waals surface area contributed by atoms with Crippen LogP contribution in [0.25, 0.3) is 0 Å². The van der Waals surface area contributed by atoms with Gasteiger partial charge in [-0.25, -0.2) is 0 Å². The first-order valence-corrected chi connectivity index (χ1v) is 6.70. The fourth-order valence-electron chi connectivity index (χ4n) is 1.99. The van der Waals surface area contributed by atoms with E-state index in [0.29, 0.717) is 29.4 Å². The van der Waals surface area contributed by atoms with Crippen molar-refractivity contribution in [1.29, 1.82) is 0 Å². The van der Waals surface area contributed by atoms with Crippen LogP contribution in [0.5, 0.6) is 17.2 Å². The van der Waals surface area contributed by atoms with Crippen molar-refractivity contribution in [2.75, 3.05) is 27.9 Å². The quantitative estimate of drug-likeness (QED) is 0.741. The third kappa shape index (κ3) is 4.53. The lowest BCUT2D eigenvalue weighted by Crippen LogP contribution is -2.09. The highest BCUT2D eigenvalue weighted by Crippen LogP contribution is 2.39. The summed E-state index contributed by atoms with van der Waals surface area (Å²) < 4.78 is 20.5. The van der Waals surface area contributed by atoms with Gasteiger partial charge >= 0.3 is 5.97 Å². The lowest BCUT2D eigenvalue weighted by molar-refractivity contribution is -0.143. The molecule has 0 aliphatic carbocycles. The first-order valence-electron chi connectivity index (χ1n) is 6.70. The molecule has 1 aromatic carbocycles. The number of ether oxygens (including phenoxy) is 4. The second-order valence-corrected chi connectivity index (χ2v) is 4.31. The molecule has 1 rings (SSSR count). The van der Waals surface area contributed by atoms with Gasteiger partial charge in [-0.3, -0.25) is 4.79 Å². The minimum Gasteiger partial charge on any atom is -0.496 e. The van der Waals surface area contributed by atoms with Crippen LogP contribution in [0.4, 0.5) is 0 Å². The van der Waals surface area contributed by atoms with Gasteiger partial charge in [-0.15, -0.1) is 0 Å². The van der Waals surface area contributed by atoms with E-state index in [9.17, 15) is 9.90 Å². The summed E-state index contributed by atoms with van der Waals surface area (Å²) in [5.74, 6) is 1.11. The van der Waals surface area contributed by atoms with Crippen LogP contribution in [-0.4, -0.2) is 39.0 Å². The van der Waals surface area contributed by atoms with Crippen LogP contribution in [0, 0.1) is 0 Å². The maximum Gasteiger partial charge on any atom is 0.305 e. The molecule has 0 aromatic heterocycles. The molecule has 0 radical (unpaired) electrons. The van der Waals surface area contributed by atoms with E-state index in [1.165, 1.54) is 21.3 Å². The molecule has 0 fully saturated rings. The summed E-state index contributed by atoms with van der Waals surface area (Å²) in [6.07, 6.45) is -0.559. The van der Waals surface area contributed by atoms with Gasteiger partial charge < -0.3 is 24.1 Å². The Kier molecular flexibility index (Phi) is 6.81. The molecule has 6 heteroatoms. The zero-order valence-corrected chi connectivity index (χ0v) is 12.8. The lowest BCUT2D eigenvalue weighted by atomic mass is 10.0. The fourth-order valence-corrected chi connectivity index (χ4v) is 1.99. The van der Waals surface area contributed by atoms with Crippen molar-refractivity contribution in [2.45, 2.75) is 25.9 Å². The number of aliphatic hydroxyl groups excluding tert-OH is 1. The van der Waals surface area contributed by atoms with E-state index in [2.05, 4.69) is 0 Å². The average Bonchev–Trinajstić information content (AvgIpc) is 2.51. The van der Waals surface area contributed by atoms with Crippen LogP contribution in [0.2, 0.25) is 0 Å². The molecule has 1 N–H and O–H groups in total. The molecule has 0 spiro atoms. The van der Waals surface area contributed by atoms with Crippen LogP contribution in [-0.2, 0) is 9.53 Å². The van der Waals surface area contributed by atoms with Gasteiger partial charge in [0.2, 0.25) is 0 Å². The summed E-state index contributed by atoms with van der Waals surface area (Å²) in [5.41, 5.74) is 0.491. The molecule has 1 aromatic rings. The smallest absolute Gasteiger partial charge is 0.305 e. The SMILES string of the molecule is CCOC(=O)CCC(O)c1c(OC)cc(OC)cc1OC. The summed E-state index contributed by atoms with van der Waals surface area (Å²) in [5, 5.41) is 10.3. The van der Waals surface area contributed by atoms with Crippen molar-refractivity contribution in [3.8, 4) is 17.2 Å². The zero-order chi connectivity index (χ0) is 15.8. The second kappa shape index (κ2) is 8.36.